The standard InChI is InChI=1S/C19H17N3O3S.H2O/c1-25-18-11-14(22-26(2,23)24)7-8-15(18)19-20-16-9-12-5-3-4-6-13(12)10-17(16)21-19;/h3-9,11,22H,10H2,1-2H3;1H2. The average Bonchev–Trinajstić information content (AvgIpc) is 3.00. The van der Waals surface area contributed by atoms with Gasteiger partial charge in [0.15, 0.2) is 5.84 Å². The van der Waals surface area contributed by atoms with Gasteiger partial charge in [0.1, 0.15) is 5.75 Å². The van der Waals surface area contributed by atoms with Crippen LogP contribution in [0, 0.1) is 0 Å². The van der Waals surface area contributed by atoms with E-state index in [0.717, 1.165) is 35.2 Å². The number of nitrogens with zero attached hydrogens (tertiary/aromatic N) is 2. The van der Waals surface area contributed by atoms with Crippen LogP contribution in [0.1, 0.15) is 16.7 Å². The molecule has 0 amide bonds. The van der Waals surface area contributed by atoms with Crippen molar-refractivity contribution < 1.29 is 18.6 Å². The molecule has 1 aliphatic heterocycles. The Bertz CT molecular complexity index is 1100. The van der Waals surface area contributed by atoms with Crippen LogP contribution in [-0.4, -0.2) is 38.8 Å². The van der Waals surface area contributed by atoms with Crippen LogP contribution in [-0.2, 0) is 16.4 Å². The molecule has 8 heteroatoms. The molecule has 2 aromatic rings. The van der Waals surface area contributed by atoms with E-state index in [1.165, 1.54) is 12.7 Å². The smallest absolute Gasteiger partial charge is 0.229 e. The summed E-state index contributed by atoms with van der Waals surface area (Å²) < 4.78 is 30.7. The SMILES string of the molecule is COc1cc(NS(C)(=O)=O)ccc1C1=NC2=Cc3ccccc3CC2=N1.O. The van der Waals surface area contributed by atoms with E-state index in [-0.39, 0.29) is 5.48 Å². The van der Waals surface area contributed by atoms with Gasteiger partial charge in [-0.2, -0.15) is 0 Å². The second-order valence-corrected chi connectivity index (χ2v) is 7.94. The summed E-state index contributed by atoms with van der Waals surface area (Å²) in [6.07, 6.45) is 3.89. The molecule has 0 spiro atoms. The minimum absolute atomic E-state index is 0. The fourth-order valence-electron chi connectivity index (χ4n) is 3.07. The number of hydrogen-bond acceptors (Lipinski definition) is 5. The zero-order chi connectivity index (χ0) is 18.3. The Labute approximate surface area is 157 Å². The van der Waals surface area contributed by atoms with E-state index in [2.05, 4.69) is 26.8 Å². The van der Waals surface area contributed by atoms with Gasteiger partial charge in [-0.05, 0) is 29.3 Å². The summed E-state index contributed by atoms with van der Waals surface area (Å²) >= 11 is 0. The van der Waals surface area contributed by atoms with Gasteiger partial charge in [-0.3, -0.25) is 4.72 Å². The Hall–Kier alpha value is -2.97. The average molecular weight is 385 g/mol. The van der Waals surface area contributed by atoms with Gasteiger partial charge < -0.3 is 10.2 Å². The number of sulfonamides is 1. The quantitative estimate of drug-likeness (QED) is 0.869. The number of aliphatic imine (C=N–C) groups is 2. The molecule has 3 N–H and O–H groups in total. The first-order valence-electron chi connectivity index (χ1n) is 8.05. The normalized spacial score (nSPS) is 14.8. The van der Waals surface area contributed by atoms with E-state index in [0.29, 0.717) is 17.3 Å². The van der Waals surface area contributed by atoms with Crippen LogP contribution in [0.2, 0.25) is 0 Å². The first kappa shape index (κ1) is 18.8. The molecule has 2 aromatic carbocycles. The van der Waals surface area contributed by atoms with Crippen molar-refractivity contribution in [3.8, 4) is 5.75 Å². The third kappa shape index (κ3) is 3.76. The first-order valence-corrected chi connectivity index (χ1v) is 9.94. The van der Waals surface area contributed by atoms with Crippen LogP contribution in [0.5, 0.6) is 5.75 Å². The number of fused-ring (bicyclic) bond motifs is 2. The third-order valence-corrected chi connectivity index (χ3v) is 4.82. The zero-order valence-corrected chi connectivity index (χ0v) is 15.7. The summed E-state index contributed by atoms with van der Waals surface area (Å²) in [6.45, 7) is 0. The molecule has 0 bridgehead atoms. The topological polar surface area (TPSA) is 112 Å². The van der Waals surface area contributed by atoms with Gasteiger partial charge in [0, 0.05) is 12.5 Å². The van der Waals surface area contributed by atoms with Crippen molar-refractivity contribution >= 4 is 33.3 Å². The molecule has 0 radical (unpaired) electrons. The highest BCUT2D eigenvalue weighted by molar-refractivity contribution is 7.92. The Kier molecular flexibility index (Phi) is 4.86. The number of ether oxygens (including phenoxy) is 1. The predicted molar refractivity (Wildman–Crippen MR) is 107 cm³/mol. The molecule has 0 saturated carbocycles. The fourth-order valence-corrected chi connectivity index (χ4v) is 3.63. The lowest BCUT2D eigenvalue weighted by molar-refractivity contribution is 0.414. The van der Waals surface area contributed by atoms with Crippen LogP contribution in [0.4, 0.5) is 5.69 Å². The maximum Gasteiger partial charge on any atom is 0.229 e. The van der Waals surface area contributed by atoms with E-state index in [1.807, 2.05) is 18.2 Å². The van der Waals surface area contributed by atoms with Crippen molar-refractivity contribution in [1.82, 2.24) is 0 Å². The predicted octanol–water partition coefficient (Wildman–Crippen LogP) is 2.04. The van der Waals surface area contributed by atoms with Crippen molar-refractivity contribution in [1.29, 1.82) is 0 Å². The molecule has 2 aliphatic rings. The number of hydrogen-bond donors (Lipinski definition) is 1. The lowest BCUT2D eigenvalue weighted by atomic mass is 9.94. The summed E-state index contributed by atoms with van der Waals surface area (Å²) in [5, 5.41) is 0. The van der Waals surface area contributed by atoms with Gasteiger partial charge in [-0.1, -0.05) is 24.3 Å². The van der Waals surface area contributed by atoms with Gasteiger partial charge in [-0.15, -0.1) is 0 Å². The Morgan fingerprint density at radius 2 is 1.89 bits per heavy atom. The molecular weight excluding hydrogens is 366 g/mol. The van der Waals surface area contributed by atoms with Gasteiger partial charge in [0.2, 0.25) is 10.0 Å². The number of nitrogens with one attached hydrogen (secondary N) is 1. The van der Waals surface area contributed by atoms with Gasteiger partial charge in [-0.25, -0.2) is 18.4 Å². The Morgan fingerprint density at radius 1 is 1.11 bits per heavy atom. The van der Waals surface area contributed by atoms with E-state index in [9.17, 15) is 8.42 Å². The number of rotatable bonds is 4. The van der Waals surface area contributed by atoms with E-state index >= 15 is 0 Å². The molecular formula is C19H19N3O4S. The van der Waals surface area contributed by atoms with Gasteiger partial charge in [0.25, 0.3) is 0 Å². The summed E-state index contributed by atoms with van der Waals surface area (Å²) in [5.74, 6) is 1.08. The van der Waals surface area contributed by atoms with Crippen LogP contribution in [0.25, 0.3) is 6.08 Å². The molecule has 0 unspecified atom stereocenters. The number of anilines is 1. The lowest BCUT2D eigenvalue weighted by Gasteiger charge is -2.12. The third-order valence-electron chi connectivity index (χ3n) is 4.21. The van der Waals surface area contributed by atoms with Gasteiger partial charge >= 0.3 is 0 Å². The zero-order valence-electron chi connectivity index (χ0n) is 14.9. The molecule has 1 heterocycles. The first-order chi connectivity index (χ1) is 12.4. The van der Waals surface area contributed by atoms with Crippen LogP contribution in [0.15, 0.2) is 58.1 Å². The summed E-state index contributed by atoms with van der Waals surface area (Å²) in [5.41, 5.74) is 5.33. The Balaban J connectivity index is 0.00000210. The van der Waals surface area contributed by atoms with E-state index in [1.54, 1.807) is 18.2 Å². The number of amidine groups is 1. The lowest BCUT2D eigenvalue weighted by Crippen LogP contribution is -2.10. The largest absolute Gasteiger partial charge is 0.496 e. The molecule has 0 saturated heterocycles. The molecule has 140 valence electrons. The van der Waals surface area contributed by atoms with E-state index < -0.39 is 10.0 Å². The second kappa shape index (κ2) is 6.98. The summed E-state index contributed by atoms with van der Waals surface area (Å²) in [6, 6.07) is 13.3. The maximum absolute atomic E-state index is 11.4. The molecule has 4 rings (SSSR count). The number of methoxy groups -OCH3 is 1. The number of allylic oxidation sites excluding steroid dienone is 1. The molecule has 0 fully saturated rings. The summed E-state index contributed by atoms with van der Waals surface area (Å²) in [7, 11) is -1.82. The van der Waals surface area contributed by atoms with Gasteiger partial charge in [0.05, 0.1) is 36.0 Å². The van der Waals surface area contributed by atoms with Crippen molar-refractivity contribution in [3.63, 3.8) is 0 Å². The van der Waals surface area contributed by atoms with Crippen molar-refractivity contribution in [2.75, 3.05) is 18.1 Å². The molecule has 7 nitrogen and oxygen atoms in total. The van der Waals surface area contributed by atoms with Crippen molar-refractivity contribution in [3.05, 3.63) is 64.9 Å². The van der Waals surface area contributed by atoms with Crippen LogP contribution < -0.4 is 9.46 Å². The second-order valence-electron chi connectivity index (χ2n) is 6.19. The van der Waals surface area contributed by atoms with Crippen LogP contribution >= 0.6 is 0 Å². The molecule has 1 aliphatic carbocycles. The Morgan fingerprint density at radius 3 is 2.63 bits per heavy atom. The highest BCUT2D eigenvalue weighted by Gasteiger charge is 2.24. The highest BCUT2D eigenvalue weighted by Crippen LogP contribution is 2.31. The monoisotopic (exact) mass is 385 g/mol. The highest BCUT2D eigenvalue weighted by atomic mass is 32.2. The fraction of sp³-hybridized carbons (Fsp3) is 0.158. The minimum atomic E-state index is -3.35. The molecule has 0 atom stereocenters. The molecule has 0 aromatic heterocycles. The molecule has 27 heavy (non-hydrogen) atoms. The minimum Gasteiger partial charge on any atom is -0.496 e. The van der Waals surface area contributed by atoms with E-state index in [4.69, 9.17) is 4.74 Å². The maximum atomic E-state index is 11.4. The van der Waals surface area contributed by atoms with Crippen molar-refractivity contribution in [2.45, 2.75) is 6.42 Å². The van der Waals surface area contributed by atoms with Crippen molar-refractivity contribution in [2.24, 2.45) is 9.98 Å². The summed E-state index contributed by atoms with van der Waals surface area (Å²) in [4.78, 5) is 9.32. The number of benzene rings is 2. The van der Waals surface area contributed by atoms with Crippen LogP contribution in [0.3, 0.4) is 0 Å².